The highest BCUT2D eigenvalue weighted by Crippen LogP contribution is 2.28. The Morgan fingerprint density at radius 2 is 1.92 bits per heavy atom. The van der Waals surface area contributed by atoms with Crippen LogP contribution in [0.3, 0.4) is 0 Å². The van der Waals surface area contributed by atoms with Gasteiger partial charge in [-0.2, -0.15) is 0 Å². The van der Waals surface area contributed by atoms with Gasteiger partial charge in [-0.15, -0.1) is 24.0 Å². The number of aliphatic imine (C=N–C) groups is 1. The summed E-state index contributed by atoms with van der Waals surface area (Å²) in [5.41, 5.74) is 0. The van der Waals surface area contributed by atoms with Crippen LogP contribution in [-0.2, 0) is 4.74 Å². The molecule has 0 bridgehead atoms. The molecule has 5 nitrogen and oxygen atoms in total. The molecule has 142 valence electrons. The number of nitrogens with zero attached hydrogens (tertiary/aromatic N) is 3. The normalized spacial score (nSPS) is 19.9. The lowest BCUT2D eigenvalue weighted by Crippen LogP contribution is -2.42. The molecule has 2 rings (SSSR count). The van der Waals surface area contributed by atoms with Crippen molar-refractivity contribution in [3.8, 4) is 0 Å². The van der Waals surface area contributed by atoms with Crippen molar-refractivity contribution < 1.29 is 4.74 Å². The molecular formula is C18H37IN4O. The van der Waals surface area contributed by atoms with Crippen molar-refractivity contribution in [3.63, 3.8) is 0 Å². The minimum Gasteiger partial charge on any atom is -0.379 e. The maximum Gasteiger partial charge on any atom is 0.193 e. The smallest absolute Gasteiger partial charge is 0.193 e. The van der Waals surface area contributed by atoms with Gasteiger partial charge in [0, 0.05) is 33.8 Å². The topological polar surface area (TPSA) is 40.1 Å². The standard InChI is InChI=1S/C18H36N4O.HI/c1-4-22-11-8-16(9-12-22)7-10-20-18(19-2)21(3)13-14-23-15-17-5-6-17;/h16-17H,4-15H2,1-3H3,(H,19,20);1H. The Morgan fingerprint density at radius 3 is 2.50 bits per heavy atom. The van der Waals surface area contributed by atoms with Crippen molar-refractivity contribution in [3.05, 3.63) is 0 Å². The molecule has 1 heterocycles. The second-order valence-corrected chi connectivity index (χ2v) is 7.08. The molecule has 2 aliphatic rings. The molecule has 0 unspecified atom stereocenters. The first-order valence-corrected chi connectivity index (χ1v) is 9.44. The second-order valence-electron chi connectivity index (χ2n) is 7.08. The van der Waals surface area contributed by atoms with Crippen molar-refractivity contribution in [1.29, 1.82) is 0 Å². The maximum absolute atomic E-state index is 5.71. The Morgan fingerprint density at radius 1 is 1.21 bits per heavy atom. The third-order valence-corrected chi connectivity index (χ3v) is 5.18. The molecule has 2 fully saturated rings. The zero-order valence-corrected chi connectivity index (χ0v) is 18.1. The van der Waals surface area contributed by atoms with E-state index in [0.29, 0.717) is 0 Å². The van der Waals surface area contributed by atoms with E-state index in [4.69, 9.17) is 4.74 Å². The molecule has 0 aromatic heterocycles. The van der Waals surface area contributed by atoms with Crippen molar-refractivity contribution in [2.24, 2.45) is 16.8 Å². The second kappa shape index (κ2) is 12.3. The number of likely N-dealkylation sites (tertiary alicyclic amines) is 1. The fraction of sp³-hybridized carbons (Fsp3) is 0.944. The number of piperidine rings is 1. The highest BCUT2D eigenvalue weighted by atomic mass is 127. The molecule has 6 heteroatoms. The third-order valence-electron chi connectivity index (χ3n) is 5.18. The Hall–Kier alpha value is -0.0800. The van der Waals surface area contributed by atoms with Crippen LogP contribution in [0.25, 0.3) is 0 Å². The first-order valence-electron chi connectivity index (χ1n) is 9.44. The van der Waals surface area contributed by atoms with Crippen LogP contribution in [0.4, 0.5) is 0 Å². The molecule has 0 aromatic carbocycles. The average molecular weight is 452 g/mol. The summed E-state index contributed by atoms with van der Waals surface area (Å²) >= 11 is 0. The number of hydrogen-bond donors (Lipinski definition) is 1. The van der Waals surface area contributed by atoms with Crippen LogP contribution in [0.15, 0.2) is 4.99 Å². The number of halogens is 1. The number of guanidine groups is 1. The molecule has 24 heavy (non-hydrogen) atoms. The van der Waals surface area contributed by atoms with E-state index in [0.717, 1.165) is 44.1 Å². The molecule has 1 saturated heterocycles. The van der Waals surface area contributed by atoms with Crippen molar-refractivity contribution in [2.75, 3.05) is 60.0 Å². The largest absolute Gasteiger partial charge is 0.379 e. The predicted octanol–water partition coefficient (Wildman–Crippen LogP) is 2.66. The average Bonchev–Trinajstić information content (AvgIpc) is 3.40. The van der Waals surface area contributed by atoms with Gasteiger partial charge in [0.1, 0.15) is 0 Å². The summed E-state index contributed by atoms with van der Waals surface area (Å²) in [6.07, 6.45) is 6.66. The summed E-state index contributed by atoms with van der Waals surface area (Å²) in [5.74, 6) is 2.71. The molecule has 1 aliphatic heterocycles. The summed E-state index contributed by atoms with van der Waals surface area (Å²) in [5, 5.41) is 3.51. The van der Waals surface area contributed by atoms with Gasteiger partial charge in [0.25, 0.3) is 0 Å². The van der Waals surface area contributed by atoms with Gasteiger partial charge in [0.15, 0.2) is 5.96 Å². The summed E-state index contributed by atoms with van der Waals surface area (Å²) in [6.45, 7) is 9.67. The van der Waals surface area contributed by atoms with Crippen molar-refractivity contribution >= 4 is 29.9 Å². The quantitative estimate of drug-likeness (QED) is 0.253. The van der Waals surface area contributed by atoms with Gasteiger partial charge in [-0.25, -0.2) is 0 Å². The van der Waals surface area contributed by atoms with E-state index in [9.17, 15) is 0 Å². The van der Waals surface area contributed by atoms with Crippen LogP contribution in [-0.4, -0.2) is 75.8 Å². The zero-order valence-electron chi connectivity index (χ0n) is 15.8. The van der Waals surface area contributed by atoms with Crippen LogP contribution in [0.5, 0.6) is 0 Å². The summed E-state index contributed by atoms with van der Waals surface area (Å²) < 4.78 is 5.71. The van der Waals surface area contributed by atoms with E-state index in [2.05, 4.69) is 34.1 Å². The molecule has 0 atom stereocenters. The first-order chi connectivity index (χ1) is 11.2. The van der Waals surface area contributed by atoms with Crippen molar-refractivity contribution in [1.82, 2.24) is 15.1 Å². The van der Waals surface area contributed by atoms with Crippen LogP contribution in [0.2, 0.25) is 0 Å². The molecule has 1 N–H and O–H groups in total. The van der Waals surface area contributed by atoms with Gasteiger partial charge in [0.05, 0.1) is 6.61 Å². The fourth-order valence-corrected chi connectivity index (χ4v) is 3.21. The Balaban J connectivity index is 0.00000288. The molecule has 0 aromatic rings. The van der Waals surface area contributed by atoms with Crippen LogP contribution >= 0.6 is 24.0 Å². The monoisotopic (exact) mass is 452 g/mol. The highest BCUT2D eigenvalue weighted by molar-refractivity contribution is 14.0. The number of likely N-dealkylation sites (N-methyl/N-ethyl adjacent to an activating group) is 1. The van der Waals surface area contributed by atoms with Crippen LogP contribution in [0.1, 0.15) is 39.0 Å². The van der Waals surface area contributed by atoms with Gasteiger partial charge in [0.2, 0.25) is 0 Å². The maximum atomic E-state index is 5.71. The Kier molecular flexibility index (Phi) is 11.3. The SMILES string of the molecule is CCN1CCC(CCNC(=NC)N(C)CCOCC2CC2)CC1.I. The van der Waals surface area contributed by atoms with E-state index < -0.39 is 0 Å². The van der Waals surface area contributed by atoms with Gasteiger partial charge in [-0.3, -0.25) is 4.99 Å². The molecular weight excluding hydrogens is 415 g/mol. The van der Waals surface area contributed by atoms with E-state index in [-0.39, 0.29) is 24.0 Å². The summed E-state index contributed by atoms with van der Waals surface area (Å²) in [7, 11) is 3.96. The van der Waals surface area contributed by atoms with Crippen molar-refractivity contribution in [2.45, 2.75) is 39.0 Å². The van der Waals surface area contributed by atoms with Gasteiger partial charge in [-0.05, 0) is 63.6 Å². The minimum atomic E-state index is 0. The van der Waals surface area contributed by atoms with E-state index in [1.807, 2.05) is 7.05 Å². The Bertz CT molecular complexity index is 355. The number of nitrogens with one attached hydrogen (secondary N) is 1. The Labute approximate surface area is 165 Å². The fourth-order valence-electron chi connectivity index (χ4n) is 3.21. The molecule has 0 amide bonds. The molecule has 1 saturated carbocycles. The molecule has 0 radical (unpaired) electrons. The van der Waals surface area contributed by atoms with Gasteiger partial charge >= 0.3 is 0 Å². The van der Waals surface area contributed by atoms with E-state index >= 15 is 0 Å². The molecule has 1 aliphatic carbocycles. The summed E-state index contributed by atoms with van der Waals surface area (Å²) in [6, 6.07) is 0. The van der Waals surface area contributed by atoms with Crippen LogP contribution in [0, 0.1) is 11.8 Å². The van der Waals surface area contributed by atoms with Gasteiger partial charge in [-0.1, -0.05) is 6.92 Å². The number of rotatable bonds is 9. The van der Waals surface area contributed by atoms with Crippen LogP contribution < -0.4 is 5.32 Å². The lowest BCUT2D eigenvalue weighted by atomic mass is 9.93. The van der Waals surface area contributed by atoms with Gasteiger partial charge < -0.3 is 19.9 Å². The van der Waals surface area contributed by atoms with E-state index in [1.165, 1.54) is 51.7 Å². The predicted molar refractivity (Wildman–Crippen MR) is 112 cm³/mol. The molecule has 0 spiro atoms. The van der Waals surface area contributed by atoms with E-state index in [1.54, 1.807) is 0 Å². The number of hydrogen-bond acceptors (Lipinski definition) is 3. The lowest BCUT2D eigenvalue weighted by molar-refractivity contribution is 0.115. The zero-order chi connectivity index (χ0) is 16.5. The number of ether oxygens (including phenoxy) is 1. The minimum absolute atomic E-state index is 0. The third kappa shape index (κ3) is 8.34. The first kappa shape index (κ1) is 22.0. The summed E-state index contributed by atoms with van der Waals surface area (Å²) in [4.78, 5) is 9.12. The highest BCUT2D eigenvalue weighted by Gasteiger charge is 2.21. The lowest BCUT2D eigenvalue weighted by Gasteiger charge is -2.31.